The summed E-state index contributed by atoms with van der Waals surface area (Å²) < 4.78 is 5.96. The summed E-state index contributed by atoms with van der Waals surface area (Å²) in [5.74, 6) is 3.15. The van der Waals surface area contributed by atoms with Crippen LogP contribution in [0.2, 0.25) is 0 Å². The molecule has 0 radical (unpaired) electrons. The van der Waals surface area contributed by atoms with Gasteiger partial charge < -0.3 is 4.74 Å². The Labute approximate surface area is 146 Å². The average Bonchev–Trinajstić information content (AvgIpc) is 2.61. The Morgan fingerprint density at radius 3 is 1.87 bits per heavy atom. The molecule has 0 amide bonds. The maximum absolute atomic E-state index is 5.96. The van der Waals surface area contributed by atoms with Gasteiger partial charge in [-0.05, 0) is 62.7 Å². The second kappa shape index (κ2) is 11.5. The monoisotopic (exact) mass is 322 g/mol. The molecule has 0 spiro atoms. The van der Waals surface area contributed by atoms with Crippen molar-refractivity contribution in [1.82, 2.24) is 0 Å². The highest BCUT2D eigenvalue weighted by molar-refractivity contribution is 4.82. The second-order valence-electron chi connectivity index (χ2n) is 8.39. The standard InChI is InChI=1S/C22H42O/c1-3-5-6-7-8-9-19-10-12-20(13-11-19)21-14-16-22(17-15-21)23-18-4-2/h19-22H,3-18H2,1-2H3. The van der Waals surface area contributed by atoms with E-state index in [-0.39, 0.29) is 0 Å². The van der Waals surface area contributed by atoms with E-state index in [1.807, 2.05) is 0 Å². The molecule has 136 valence electrons. The maximum atomic E-state index is 5.96. The molecule has 1 heteroatoms. The van der Waals surface area contributed by atoms with Gasteiger partial charge in [-0.15, -0.1) is 0 Å². The lowest BCUT2D eigenvalue weighted by atomic mass is 9.70. The van der Waals surface area contributed by atoms with Gasteiger partial charge in [0, 0.05) is 6.61 Å². The Balaban J connectivity index is 1.54. The highest BCUT2D eigenvalue weighted by atomic mass is 16.5. The van der Waals surface area contributed by atoms with Crippen molar-refractivity contribution in [3.8, 4) is 0 Å². The Bertz CT molecular complexity index is 272. The molecule has 0 saturated heterocycles. The number of ether oxygens (including phenoxy) is 1. The van der Waals surface area contributed by atoms with Gasteiger partial charge in [-0.3, -0.25) is 0 Å². The van der Waals surface area contributed by atoms with E-state index in [1.54, 1.807) is 0 Å². The van der Waals surface area contributed by atoms with Crippen LogP contribution in [0.4, 0.5) is 0 Å². The lowest BCUT2D eigenvalue weighted by Crippen LogP contribution is -2.28. The van der Waals surface area contributed by atoms with Crippen LogP contribution in [-0.2, 0) is 4.74 Å². The lowest BCUT2D eigenvalue weighted by Gasteiger charge is -2.37. The van der Waals surface area contributed by atoms with Crippen LogP contribution in [0.15, 0.2) is 0 Å². The van der Waals surface area contributed by atoms with Crippen LogP contribution in [0.3, 0.4) is 0 Å². The van der Waals surface area contributed by atoms with Gasteiger partial charge in [0.2, 0.25) is 0 Å². The van der Waals surface area contributed by atoms with E-state index >= 15 is 0 Å². The minimum Gasteiger partial charge on any atom is -0.378 e. The van der Waals surface area contributed by atoms with E-state index in [0.29, 0.717) is 6.10 Å². The van der Waals surface area contributed by atoms with Crippen molar-refractivity contribution < 1.29 is 4.74 Å². The highest BCUT2D eigenvalue weighted by Gasteiger charge is 2.30. The first-order valence-electron chi connectivity index (χ1n) is 10.9. The molecule has 0 heterocycles. The number of hydrogen-bond donors (Lipinski definition) is 0. The van der Waals surface area contributed by atoms with Gasteiger partial charge in [0.25, 0.3) is 0 Å². The van der Waals surface area contributed by atoms with Gasteiger partial charge in [-0.2, -0.15) is 0 Å². The average molecular weight is 323 g/mol. The largest absolute Gasteiger partial charge is 0.378 e. The Morgan fingerprint density at radius 1 is 0.652 bits per heavy atom. The molecule has 0 atom stereocenters. The van der Waals surface area contributed by atoms with Crippen molar-refractivity contribution in [1.29, 1.82) is 0 Å². The molecule has 0 unspecified atom stereocenters. The summed E-state index contributed by atoms with van der Waals surface area (Å²) in [7, 11) is 0. The van der Waals surface area contributed by atoms with Crippen molar-refractivity contribution in [2.24, 2.45) is 17.8 Å². The lowest BCUT2D eigenvalue weighted by molar-refractivity contribution is 0.00726. The molecular weight excluding hydrogens is 280 g/mol. The van der Waals surface area contributed by atoms with E-state index in [0.717, 1.165) is 24.4 Å². The second-order valence-corrected chi connectivity index (χ2v) is 8.39. The van der Waals surface area contributed by atoms with Crippen LogP contribution in [-0.4, -0.2) is 12.7 Å². The summed E-state index contributed by atoms with van der Waals surface area (Å²) in [6, 6.07) is 0. The summed E-state index contributed by atoms with van der Waals surface area (Å²) >= 11 is 0. The van der Waals surface area contributed by atoms with Gasteiger partial charge >= 0.3 is 0 Å². The SMILES string of the molecule is CCCCCCCC1CCC(C2CCC(OCCC)CC2)CC1. The van der Waals surface area contributed by atoms with E-state index in [2.05, 4.69) is 13.8 Å². The zero-order valence-corrected chi connectivity index (χ0v) is 16.0. The molecule has 2 aliphatic rings. The number of rotatable bonds is 10. The molecule has 1 nitrogen and oxygen atoms in total. The maximum Gasteiger partial charge on any atom is 0.0575 e. The fraction of sp³-hybridized carbons (Fsp3) is 1.00. The van der Waals surface area contributed by atoms with Crippen LogP contribution >= 0.6 is 0 Å². The van der Waals surface area contributed by atoms with Crippen LogP contribution in [0.25, 0.3) is 0 Å². The van der Waals surface area contributed by atoms with Crippen LogP contribution in [0.1, 0.15) is 110 Å². The topological polar surface area (TPSA) is 9.23 Å². The normalized spacial score (nSPS) is 32.1. The fourth-order valence-corrected chi connectivity index (χ4v) is 5.00. The van der Waals surface area contributed by atoms with Crippen LogP contribution in [0, 0.1) is 17.8 Å². The highest BCUT2D eigenvalue weighted by Crippen LogP contribution is 2.41. The quantitative estimate of drug-likeness (QED) is 0.388. The van der Waals surface area contributed by atoms with E-state index in [9.17, 15) is 0 Å². The molecular formula is C22H42O. The molecule has 0 aromatic carbocycles. The van der Waals surface area contributed by atoms with Gasteiger partial charge in [-0.1, -0.05) is 65.2 Å². The van der Waals surface area contributed by atoms with Gasteiger partial charge in [0.05, 0.1) is 6.10 Å². The third kappa shape index (κ3) is 7.16. The molecule has 0 aliphatic heterocycles. The minimum absolute atomic E-state index is 0.589. The van der Waals surface area contributed by atoms with Crippen molar-refractivity contribution >= 4 is 0 Å². The van der Waals surface area contributed by atoms with Crippen LogP contribution in [0.5, 0.6) is 0 Å². The first-order valence-corrected chi connectivity index (χ1v) is 10.9. The molecule has 0 aromatic heterocycles. The van der Waals surface area contributed by atoms with Crippen molar-refractivity contribution in [2.45, 2.75) is 116 Å². The minimum atomic E-state index is 0.589. The molecule has 0 N–H and O–H groups in total. The molecule has 2 aliphatic carbocycles. The molecule has 2 saturated carbocycles. The van der Waals surface area contributed by atoms with Crippen LogP contribution < -0.4 is 0 Å². The smallest absolute Gasteiger partial charge is 0.0575 e. The molecule has 0 bridgehead atoms. The summed E-state index contributed by atoms with van der Waals surface area (Å²) in [6.07, 6.45) is 22.2. The van der Waals surface area contributed by atoms with E-state index in [4.69, 9.17) is 4.74 Å². The zero-order chi connectivity index (χ0) is 16.3. The van der Waals surface area contributed by atoms with E-state index < -0.39 is 0 Å². The Kier molecular flexibility index (Phi) is 9.65. The molecule has 0 aromatic rings. The van der Waals surface area contributed by atoms with Gasteiger partial charge in [-0.25, -0.2) is 0 Å². The Morgan fingerprint density at radius 2 is 1.26 bits per heavy atom. The number of hydrogen-bond acceptors (Lipinski definition) is 1. The molecule has 2 fully saturated rings. The van der Waals surface area contributed by atoms with Crippen molar-refractivity contribution in [3.05, 3.63) is 0 Å². The fourth-order valence-electron chi connectivity index (χ4n) is 5.00. The van der Waals surface area contributed by atoms with Gasteiger partial charge in [0.1, 0.15) is 0 Å². The summed E-state index contributed by atoms with van der Waals surface area (Å²) in [5, 5.41) is 0. The molecule has 2 rings (SSSR count). The summed E-state index contributed by atoms with van der Waals surface area (Å²) in [4.78, 5) is 0. The molecule has 23 heavy (non-hydrogen) atoms. The first kappa shape index (κ1) is 19.3. The third-order valence-electron chi connectivity index (χ3n) is 6.55. The van der Waals surface area contributed by atoms with Crippen molar-refractivity contribution in [2.75, 3.05) is 6.61 Å². The van der Waals surface area contributed by atoms with E-state index in [1.165, 1.54) is 96.3 Å². The third-order valence-corrected chi connectivity index (χ3v) is 6.55. The van der Waals surface area contributed by atoms with Crippen molar-refractivity contribution in [3.63, 3.8) is 0 Å². The van der Waals surface area contributed by atoms with Gasteiger partial charge in [0.15, 0.2) is 0 Å². The predicted molar refractivity (Wildman–Crippen MR) is 101 cm³/mol. The predicted octanol–water partition coefficient (Wildman–Crippen LogP) is 7.14. The first-order chi connectivity index (χ1) is 11.3. The summed E-state index contributed by atoms with van der Waals surface area (Å²) in [6.45, 7) is 5.50. The number of unbranched alkanes of at least 4 members (excludes halogenated alkanes) is 4. The zero-order valence-electron chi connectivity index (χ0n) is 16.0. The summed E-state index contributed by atoms with van der Waals surface area (Å²) in [5.41, 5.74) is 0. The Hall–Kier alpha value is -0.0400.